The average Bonchev–Trinajstić information content (AvgIpc) is 2.99. The Morgan fingerprint density at radius 2 is 1.96 bits per heavy atom. The quantitative estimate of drug-likeness (QED) is 0.778. The number of hydrogen-bond acceptors (Lipinski definition) is 3. The Kier molecular flexibility index (Phi) is 4.45. The second-order valence-electron chi connectivity index (χ2n) is 7.18. The molecule has 1 aliphatic rings. The second kappa shape index (κ2) is 6.90. The van der Waals surface area contributed by atoms with Gasteiger partial charge in [-0.2, -0.15) is 5.10 Å². The molecule has 1 saturated carbocycles. The molecule has 0 bridgehead atoms. The summed E-state index contributed by atoms with van der Waals surface area (Å²) in [6.07, 6.45) is 7.77. The monoisotopic (exact) mass is 348 g/mol. The molecule has 1 aromatic carbocycles. The average molecular weight is 348 g/mol. The molecule has 2 aromatic heterocycles. The third-order valence-corrected chi connectivity index (χ3v) is 5.19. The first-order chi connectivity index (χ1) is 12.6. The highest BCUT2D eigenvalue weighted by Crippen LogP contribution is 2.27. The Morgan fingerprint density at radius 1 is 1.19 bits per heavy atom. The summed E-state index contributed by atoms with van der Waals surface area (Å²) in [7, 11) is 1.90. The van der Waals surface area contributed by atoms with Gasteiger partial charge in [-0.15, -0.1) is 0 Å². The molecule has 0 atom stereocenters. The van der Waals surface area contributed by atoms with Crippen LogP contribution in [0.3, 0.4) is 0 Å². The number of benzene rings is 1. The maximum Gasteiger partial charge on any atom is 0.252 e. The number of para-hydroxylation sites is 1. The van der Waals surface area contributed by atoms with Gasteiger partial charge in [-0.05, 0) is 31.9 Å². The molecule has 0 radical (unpaired) electrons. The van der Waals surface area contributed by atoms with E-state index in [0.717, 1.165) is 40.7 Å². The summed E-state index contributed by atoms with van der Waals surface area (Å²) in [6, 6.07) is 10.0. The molecule has 1 fully saturated rings. The van der Waals surface area contributed by atoms with Crippen molar-refractivity contribution in [1.82, 2.24) is 20.1 Å². The molecular formula is C21H24N4O. The summed E-state index contributed by atoms with van der Waals surface area (Å²) >= 11 is 0. The summed E-state index contributed by atoms with van der Waals surface area (Å²) in [5.74, 6) is -0.00158. The number of fused-ring (bicyclic) bond motifs is 1. The van der Waals surface area contributed by atoms with Crippen molar-refractivity contribution in [2.45, 2.75) is 45.1 Å². The summed E-state index contributed by atoms with van der Waals surface area (Å²) in [4.78, 5) is 17.8. The molecule has 5 nitrogen and oxygen atoms in total. The normalized spacial score (nSPS) is 15.3. The Hall–Kier alpha value is -2.69. The first-order valence-corrected chi connectivity index (χ1v) is 9.33. The molecule has 0 unspecified atom stereocenters. The maximum atomic E-state index is 13.0. The van der Waals surface area contributed by atoms with Gasteiger partial charge in [0.1, 0.15) is 0 Å². The van der Waals surface area contributed by atoms with Crippen molar-refractivity contribution in [3.8, 4) is 11.3 Å². The van der Waals surface area contributed by atoms with Crippen molar-refractivity contribution in [3.05, 3.63) is 47.8 Å². The first-order valence-electron chi connectivity index (χ1n) is 9.33. The molecule has 3 aromatic rings. The number of carbonyl (C=O) groups is 1. The van der Waals surface area contributed by atoms with Gasteiger partial charge >= 0.3 is 0 Å². The number of nitrogens with one attached hydrogen (secondary N) is 1. The van der Waals surface area contributed by atoms with Crippen LogP contribution in [-0.2, 0) is 7.05 Å². The van der Waals surface area contributed by atoms with Crippen LogP contribution in [-0.4, -0.2) is 26.7 Å². The summed E-state index contributed by atoms with van der Waals surface area (Å²) < 4.78 is 1.78. The van der Waals surface area contributed by atoms with E-state index in [9.17, 15) is 4.79 Å². The number of pyridine rings is 1. The Labute approximate surface area is 153 Å². The van der Waals surface area contributed by atoms with Crippen molar-refractivity contribution >= 4 is 16.8 Å². The number of aryl methyl sites for hydroxylation is 2. The number of aromatic nitrogens is 3. The lowest BCUT2D eigenvalue weighted by atomic mass is 9.95. The van der Waals surface area contributed by atoms with Crippen LogP contribution in [0, 0.1) is 6.92 Å². The van der Waals surface area contributed by atoms with E-state index >= 15 is 0 Å². The number of amides is 1. The van der Waals surface area contributed by atoms with Gasteiger partial charge in [0.15, 0.2) is 0 Å². The highest BCUT2D eigenvalue weighted by Gasteiger charge is 2.20. The van der Waals surface area contributed by atoms with Crippen molar-refractivity contribution in [3.63, 3.8) is 0 Å². The van der Waals surface area contributed by atoms with Gasteiger partial charge in [0.2, 0.25) is 0 Å². The van der Waals surface area contributed by atoms with Gasteiger partial charge < -0.3 is 5.32 Å². The predicted molar refractivity (Wildman–Crippen MR) is 103 cm³/mol. The summed E-state index contributed by atoms with van der Waals surface area (Å²) in [5.41, 5.74) is 4.20. The minimum absolute atomic E-state index is 0.00158. The van der Waals surface area contributed by atoms with Crippen LogP contribution in [0.2, 0.25) is 0 Å². The molecule has 0 saturated heterocycles. The zero-order valence-corrected chi connectivity index (χ0v) is 15.3. The molecule has 2 heterocycles. The standard InChI is InChI=1S/C21H24N4O/c1-14-18(13-25(2)24-14)20-12-17(16-10-6-7-11-19(16)23-20)21(26)22-15-8-4-3-5-9-15/h6-7,10-13,15H,3-5,8-9H2,1-2H3,(H,22,26). The highest BCUT2D eigenvalue weighted by molar-refractivity contribution is 6.07. The number of hydrogen-bond donors (Lipinski definition) is 1. The molecule has 26 heavy (non-hydrogen) atoms. The van der Waals surface area contributed by atoms with E-state index in [2.05, 4.69) is 10.4 Å². The Balaban J connectivity index is 1.77. The predicted octanol–water partition coefficient (Wildman–Crippen LogP) is 4.01. The minimum Gasteiger partial charge on any atom is -0.349 e. The van der Waals surface area contributed by atoms with Crippen LogP contribution in [0.15, 0.2) is 36.5 Å². The molecule has 5 heteroatoms. The van der Waals surface area contributed by atoms with Crippen LogP contribution in [0.4, 0.5) is 0 Å². The fourth-order valence-electron chi connectivity index (χ4n) is 3.86. The van der Waals surface area contributed by atoms with Gasteiger partial charge in [0.25, 0.3) is 5.91 Å². The molecule has 1 N–H and O–H groups in total. The molecule has 0 spiro atoms. The fourth-order valence-corrected chi connectivity index (χ4v) is 3.86. The fraction of sp³-hybridized carbons (Fsp3) is 0.381. The third kappa shape index (κ3) is 3.21. The lowest BCUT2D eigenvalue weighted by molar-refractivity contribution is 0.0929. The van der Waals surface area contributed by atoms with Gasteiger partial charge in [0.05, 0.1) is 22.5 Å². The van der Waals surface area contributed by atoms with E-state index in [4.69, 9.17) is 4.98 Å². The first kappa shape index (κ1) is 16.8. The van der Waals surface area contributed by atoms with E-state index in [1.54, 1.807) is 4.68 Å². The van der Waals surface area contributed by atoms with E-state index in [-0.39, 0.29) is 11.9 Å². The summed E-state index contributed by atoms with van der Waals surface area (Å²) in [5, 5.41) is 8.54. The van der Waals surface area contributed by atoms with E-state index in [0.29, 0.717) is 5.56 Å². The van der Waals surface area contributed by atoms with Gasteiger partial charge in [-0.1, -0.05) is 37.5 Å². The van der Waals surface area contributed by atoms with Crippen LogP contribution in [0.25, 0.3) is 22.2 Å². The second-order valence-corrected chi connectivity index (χ2v) is 7.18. The molecule has 0 aliphatic heterocycles. The lowest BCUT2D eigenvalue weighted by Crippen LogP contribution is -2.36. The van der Waals surface area contributed by atoms with E-state index in [1.165, 1.54) is 19.3 Å². The van der Waals surface area contributed by atoms with Crippen molar-refractivity contribution in [2.24, 2.45) is 7.05 Å². The van der Waals surface area contributed by atoms with Crippen LogP contribution >= 0.6 is 0 Å². The summed E-state index contributed by atoms with van der Waals surface area (Å²) in [6.45, 7) is 1.97. The molecule has 1 aliphatic carbocycles. The molecule has 134 valence electrons. The molecule has 4 rings (SSSR count). The Bertz CT molecular complexity index is 954. The number of carbonyl (C=O) groups excluding carboxylic acids is 1. The maximum absolute atomic E-state index is 13.0. The number of rotatable bonds is 3. The van der Waals surface area contributed by atoms with Gasteiger partial charge in [-0.3, -0.25) is 9.48 Å². The third-order valence-electron chi connectivity index (χ3n) is 5.19. The molecular weight excluding hydrogens is 324 g/mol. The zero-order valence-electron chi connectivity index (χ0n) is 15.3. The molecule has 1 amide bonds. The SMILES string of the molecule is Cc1nn(C)cc1-c1cc(C(=O)NC2CCCCC2)c2ccccc2n1. The minimum atomic E-state index is -0.00158. The number of nitrogens with zero attached hydrogens (tertiary/aromatic N) is 3. The van der Waals surface area contributed by atoms with Crippen LogP contribution in [0.1, 0.15) is 48.2 Å². The van der Waals surface area contributed by atoms with Gasteiger partial charge in [0, 0.05) is 30.2 Å². The van der Waals surface area contributed by atoms with Crippen molar-refractivity contribution in [2.75, 3.05) is 0 Å². The van der Waals surface area contributed by atoms with E-state index in [1.807, 2.05) is 50.5 Å². The topological polar surface area (TPSA) is 59.8 Å². The smallest absolute Gasteiger partial charge is 0.252 e. The zero-order chi connectivity index (χ0) is 18.1. The highest BCUT2D eigenvalue weighted by atomic mass is 16.1. The van der Waals surface area contributed by atoms with Crippen molar-refractivity contribution < 1.29 is 4.79 Å². The largest absolute Gasteiger partial charge is 0.349 e. The Morgan fingerprint density at radius 3 is 2.69 bits per heavy atom. The van der Waals surface area contributed by atoms with E-state index < -0.39 is 0 Å². The van der Waals surface area contributed by atoms with Crippen molar-refractivity contribution in [1.29, 1.82) is 0 Å². The lowest BCUT2D eigenvalue weighted by Gasteiger charge is -2.23. The van der Waals surface area contributed by atoms with Crippen LogP contribution < -0.4 is 5.32 Å². The van der Waals surface area contributed by atoms with Gasteiger partial charge in [-0.25, -0.2) is 4.98 Å². The van der Waals surface area contributed by atoms with Crippen LogP contribution in [0.5, 0.6) is 0 Å².